The molecule has 0 bridgehead atoms. The van der Waals surface area contributed by atoms with Crippen LogP contribution in [0.4, 0.5) is 0 Å². The van der Waals surface area contributed by atoms with E-state index in [0.29, 0.717) is 6.04 Å². The maximum Gasteiger partial charge on any atom is 0.0363 e. The summed E-state index contributed by atoms with van der Waals surface area (Å²) in [4.78, 5) is 2.54. The maximum absolute atomic E-state index is 11.4. The van der Waals surface area contributed by atoms with Crippen LogP contribution in [0.25, 0.3) is 0 Å². The average molecular weight is 272 g/mol. The molecule has 2 fully saturated rings. The van der Waals surface area contributed by atoms with Crippen LogP contribution in [0.5, 0.6) is 0 Å². The summed E-state index contributed by atoms with van der Waals surface area (Å²) < 4.78 is 11.4. The van der Waals surface area contributed by atoms with E-state index >= 15 is 0 Å². The van der Waals surface area contributed by atoms with Gasteiger partial charge in [0, 0.05) is 48.0 Å². The lowest BCUT2D eigenvalue weighted by Crippen LogP contribution is -2.45. The van der Waals surface area contributed by atoms with E-state index in [4.69, 9.17) is 0 Å². The van der Waals surface area contributed by atoms with Gasteiger partial charge in [0.15, 0.2) is 0 Å². The molecule has 2 aliphatic rings. The van der Waals surface area contributed by atoms with Crippen molar-refractivity contribution in [2.24, 2.45) is 5.92 Å². The fourth-order valence-electron chi connectivity index (χ4n) is 3.32. The van der Waals surface area contributed by atoms with Gasteiger partial charge in [0.2, 0.25) is 0 Å². The lowest BCUT2D eigenvalue weighted by molar-refractivity contribution is 0.207. The quantitative estimate of drug-likeness (QED) is 0.789. The zero-order valence-electron chi connectivity index (χ0n) is 11.7. The van der Waals surface area contributed by atoms with E-state index in [1.807, 2.05) is 0 Å². The normalized spacial score (nSPS) is 32.3. The highest BCUT2D eigenvalue weighted by Gasteiger charge is 2.26. The van der Waals surface area contributed by atoms with Gasteiger partial charge in [-0.2, -0.15) is 0 Å². The lowest BCUT2D eigenvalue weighted by atomic mass is 9.94. The van der Waals surface area contributed by atoms with Gasteiger partial charge in [-0.05, 0) is 25.3 Å². The Hall–Kier alpha value is 0.0700. The molecule has 1 aliphatic carbocycles. The third kappa shape index (κ3) is 4.32. The SMILES string of the molecule is CCNC1CCCCCC1CN1CCS(=O)CC1. The van der Waals surface area contributed by atoms with E-state index in [2.05, 4.69) is 17.1 Å². The summed E-state index contributed by atoms with van der Waals surface area (Å²) in [7, 11) is -0.540. The Balaban J connectivity index is 1.85. The van der Waals surface area contributed by atoms with Crippen molar-refractivity contribution in [3.63, 3.8) is 0 Å². The van der Waals surface area contributed by atoms with Crippen molar-refractivity contribution in [2.45, 2.75) is 45.1 Å². The lowest BCUT2D eigenvalue weighted by Gasteiger charge is -2.33. The van der Waals surface area contributed by atoms with Crippen LogP contribution in [0.1, 0.15) is 39.0 Å². The highest BCUT2D eigenvalue weighted by molar-refractivity contribution is 7.85. The predicted octanol–water partition coefficient (Wildman–Crippen LogP) is 1.61. The molecule has 0 amide bonds. The summed E-state index contributed by atoms with van der Waals surface area (Å²) in [5.41, 5.74) is 0. The van der Waals surface area contributed by atoms with Crippen molar-refractivity contribution in [1.29, 1.82) is 0 Å². The second kappa shape index (κ2) is 7.61. The van der Waals surface area contributed by atoms with Crippen LogP contribution in [0.15, 0.2) is 0 Å². The van der Waals surface area contributed by atoms with Crippen molar-refractivity contribution in [3.8, 4) is 0 Å². The Labute approximate surface area is 114 Å². The smallest absolute Gasteiger partial charge is 0.0363 e. The number of hydrogen-bond acceptors (Lipinski definition) is 3. The predicted molar refractivity (Wildman–Crippen MR) is 78.4 cm³/mol. The third-order valence-corrected chi connectivity index (χ3v) is 5.66. The Kier molecular flexibility index (Phi) is 6.12. The zero-order chi connectivity index (χ0) is 12.8. The topological polar surface area (TPSA) is 32.3 Å². The fraction of sp³-hybridized carbons (Fsp3) is 1.00. The molecule has 2 unspecified atom stereocenters. The molecule has 0 aromatic rings. The Bertz CT molecular complexity index is 263. The minimum atomic E-state index is -0.540. The average Bonchev–Trinajstić information content (AvgIpc) is 2.59. The molecule has 0 aromatic carbocycles. The molecule has 1 aliphatic heterocycles. The molecule has 4 heteroatoms. The van der Waals surface area contributed by atoms with Gasteiger partial charge in [0.25, 0.3) is 0 Å². The van der Waals surface area contributed by atoms with Gasteiger partial charge in [-0.1, -0.05) is 26.2 Å². The van der Waals surface area contributed by atoms with Crippen LogP contribution in [0.3, 0.4) is 0 Å². The van der Waals surface area contributed by atoms with Crippen molar-refractivity contribution in [2.75, 3.05) is 37.7 Å². The molecule has 1 saturated carbocycles. The second-order valence-electron chi connectivity index (χ2n) is 5.71. The van der Waals surface area contributed by atoms with Crippen LogP contribution in [-0.4, -0.2) is 52.8 Å². The van der Waals surface area contributed by atoms with Crippen LogP contribution in [-0.2, 0) is 10.8 Å². The summed E-state index contributed by atoms with van der Waals surface area (Å²) in [5, 5.41) is 3.69. The van der Waals surface area contributed by atoms with Crippen LogP contribution in [0, 0.1) is 5.92 Å². The first-order valence-electron chi connectivity index (χ1n) is 7.60. The van der Waals surface area contributed by atoms with Crippen molar-refractivity contribution in [3.05, 3.63) is 0 Å². The summed E-state index contributed by atoms with van der Waals surface area (Å²) in [6.45, 7) is 6.61. The molecule has 18 heavy (non-hydrogen) atoms. The zero-order valence-corrected chi connectivity index (χ0v) is 12.5. The highest BCUT2D eigenvalue weighted by atomic mass is 32.2. The Morgan fingerprint density at radius 3 is 2.61 bits per heavy atom. The van der Waals surface area contributed by atoms with E-state index in [1.54, 1.807) is 0 Å². The number of nitrogens with one attached hydrogen (secondary N) is 1. The standard InChI is InChI=1S/C14H28N2OS/c1-2-15-14-7-5-3-4-6-13(14)12-16-8-10-18(17)11-9-16/h13-15H,2-12H2,1H3. The highest BCUT2D eigenvalue weighted by Crippen LogP contribution is 2.24. The summed E-state index contributed by atoms with van der Waals surface area (Å²) >= 11 is 0. The Morgan fingerprint density at radius 1 is 1.17 bits per heavy atom. The van der Waals surface area contributed by atoms with Gasteiger partial charge in [-0.15, -0.1) is 0 Å². The summed E-state index contributed by atoms with van der Waals surface area (Å²) in [6.07, 6.45) is 6.91. The largest absolute Gasteiger partial charge is 0.314 e. The number of hydrogen-bond donors (Lipinski definition) is 1. The van der Waals surface area contributed by atoms with Gasteiger partial charge in [-0.3, -0.25) is 4.21 Å². The first-order valence-corrected chi connectivity index (χ1v) is 9.09. The van der Waals surface area contributed by atoms with E-state index in [0.717, 1.165) is 37.1 Å². The van der Waals surface area contributed by atoms with Crippen LogP contribution < -0.4 is 5.32 Å². The molecular formula is C14H28N2OS. The third-order valence-electron chi connectivity index (χ3n) is 4.39. The number of rotatable bonds is 4. The van der Waals surface area contributed by atoms with Crippen molar-refractivity contribution >= 4 is 10.8 Å². The van der Waals surface area contributed by atoms with E-state index < -0.39 is 10.8 Å². The van der Waals surface area contributed by atoms with Crippen molar-refractivity contribution in [1.82, 2.24) is 10.2 Å². The molecule has 106 valence electrons. The molecule has 3 nitrogen and oxygen atoms in total. The minimum absolute atomic E-state index is 0.540. The summed E-state index contributed by atoms with van der Waals surface area (Å²) in [5.74, 6) is 2.58. The first kappa shape index (κ1) is 14.5. The first-order chi connectivity index (χ1) is 8.79. The van der Waals surface area contributed by atoms with E-state index in [1.165, 1.54) is 38.6 Å². The molecule has 0 aromatic heterocycles. The molecule has 1 N–H and O–H groups in total. The molecule has 2 atom stereocenters. The summed E-state index contributed by atoms with van der Waals surface area (Å²) in [6, 6.07) is 0.713. The molecule has 2 rings (SSSR count). The van der Waals surface area contributed by atoms with Gasteiger partial charge in [0.05, 0.1) is 0 Å². The molecule has 0 spiro atoms. The minimum Gasteiger partial charge on any atom is -0.314 e. The van der Waals surface area contributed by atoms with Crippen molar-refractivity contribution < 1.29 is 4.21 Å². The molecule has 0 radical (unpaired) electrons. The van der Waals surface area contributed by atoms with Gasteiger partial charge < -0.3 is 10.2 Å². The van der Waals surface area contributed by atoms with E-state index in [9.17, 15) is 4.21 Å². The van der Waals surface area contributed by atoms with Gasteiger partial charge >= 0.3 is 0 Å². The molecule has 1 heterocycles. The Morgan fingerprint density at radius 2 is 1.89 bits per heavy atom. The molecule has 1 saturated heterocycles. The van der Waals surface area contributed by atoms with Crippen LogP contribution in [0.2, 0.25) is 0 Å². The monoisotopic (exact) mass is 272 g/mol. The molecular weight excluding hydrogens is 244 g/mol. The van der Waals surface area contributed by atoms with Gasteiger partial charge in [-0.25, -0.2) is 0 Å². The maximum atomic E-state index is 11.4. The van der Waals surface area contributed by atoms with Crippen LogP contribution >= 0.6 is 0 Å². The van der Waals surface area contributed by atoms with E-state index in [-0.39, 0.29) is 0 Å². The van der Waals surface area contributed by atoms with Gasteiger partial charge in [0.1, 0.15) is 0 Å². The fourth-order valence-corrected chi connectivity index (χ4v) is 4.45. The second-order valence-corrected chi connectivity index (χ2v) is 7.41. The number of nitrogens with zero attached hydrogens (tertiary/aromatic N) is 1.